The second-order valence-electron chi connectivity index (χ2n) is 5.93. The van der Waals surface area contributed by atoms with Crippen LogP contribution in [-0.4, -0.2) is 43.0 Å². The summed E-state index contributed by atoms with van der Waals surface area (Å²) >= 11 is 5.97. The summed E-state index contributed by atoms with van der Waals surface area (Å²) in [6.07, 6.45) is 2.53. The van der Waals surface area contributed by atoms with Gasteiger partial charge in [-0.05, 0) is 69.9 Å². The predicted octanol–water partition coefficient (Wildman–Crippen LogP) is 3.47. The summed E-state index contributed by atoms with van der Waals surface area (Å²) in [4.78, 5) is 18.4. The highest BCUT2D eigenvalue weighted by molar-refractivity contribution is 6.30. The van der Waals surface area contributed by atoms with E-state index in [-0.39, 0.29) is 5.91 Å². The lowest BCUT2D eigenvalue weighted by Crippen LogP contribution is -2.27. The molecular weight excluding hydrogens is 324 g/mol. The first kappa shape index (κ1) is 18.2. The predicted molar refractivity (Wildman–Crippen MR) is 99.2 cm³/mol. The number of carbonyl (C=O) groups is 1. The van der Waals surface area contributed by atoms with Crippen molar-refractivity contribution in [3.05, 3.63) is 52.8 Å². The number of nitrogens with zero attached hydrogens (tertiary/aromatic N) is 2. The van der Waals surface area contributed by atoms with Gasteiger partial charge < -0.3 is 15.5 Å². The number of carbonyl (C=O) groups excluding carboxylic acids is 1. The molecule has 2 aromatic rings. The van der Waals surface area contributed by atoms with E-state index < -0.39 is 0 Å². The van der Waals surface area contributed by atoms with E-state index in [1.807, 2.05) is 45.3 Å². The molecular formula is C18H23ClN4O. The summed E-state index contributed by atoms with van der Waals surface area (Å²) < 4.78 is 0. The third kappa shape index (κ3) is 5.51. The van der Waals surface area contributed by atoms with Crippen molar-refractivity contribution in [1.29, 1.82) is 0 Å². The molecule has 1 aromatic carbocycles. The number of anilines is 2. The maximum absolute atomic E-state index is 12.2. The van der Waals surface area contributed by atoms with E-state index in [0.29, 0.717) is 17.3 Å². The Hall–Kier alpha value is -2.11. The number of benzene rings is 1. The van der Waals surface area contributed by atoms with Gasteiger partial charge in [-0.3, -0.25) is 9.78 Å². The molecule has 0 atom stereocenters. The molecule has 0 bridgehead atoms. The lowest BCUT2D eigenvalue weighted by atomic mass is 10.2. The van der Waals surface area contributed by atoms with Gasteiger partial charge >= 0.3 is 0 Å². The van der Waals surface area contributed by atoms with Crippen LogP contribution < -0.4 is 10.6 Å². The van der Waals surface area contributed by atoms with Crippen LogP contribution in [0.4, 0.5) is 11.4 Å². The molecule has 1 heterocycles. The smallest absolute Gasteiger partial charge is 0.269 e. The number of nitrogens with one attached hydrogen (secondary N) is 2. The normalized spacial score (nSPS) is 10.7. The van der Waals surface area contributed by atoms with E-state index in [9.17, 15) is 4.79 Å². The molecule has 0 aliphatic heterocycles. The first-order chi connectivity index (χ1) is 11.5. The lowest BCUT2D eigenvalue weighted by molar-refractivity contribution is 0.0947. The number of rotatable bonds is 7. The Balaban J connectivity index is 1.99. The fraction of sp³-hybridized carbons (Fsp3) is 0.333. The Labute approximate surface area is 148 Å². The van der Waals surface area contributed by atoms with Crippen molar-refractivity contribution in [3.8, 4) is 0 Å². The highest BCUT2D eigenvalue weighted by atomic mass is 35.5. The van der Waals surface area contributed by atoms with E-state index in [0.717, 1.165) is 29.9 Å². The summed E-state index contributed by atoms with van der Waals surface area (Å²) in [6, 6.07) is 9.21. The molecule has 2 rings (SSSR count). The van der Waals surface area contributed by atoms with Crippen LogP contribution in [0.15, 0.2) is 36.5 Å². The third-order valence-corrected chi connectivity index (χ3v) is 3.76. The molecule has 6 heteroatoms. The van der Waals surface area contributed by atoms with Gasteiger partial charge in [-0.2, -0.15) is 0 Å². The minimum Gasteiger partial charge on any atom is -0.355 e. The third-order valence-electron chi connectivity index (χ3n) is 3.53. The summed E-state index contributed by atoms with van der Waals surface area (Å²) in [7, 11) is 4.02. The quantitative estimate of drug-likeness (QED) is 0.754. The van der Waals surface area contributed by atoms with Crippen LogP contribution >= 0.6 is 11.6 Å². The number of aromatic nitrogens is 1. The Morgan fingerprint density at radius 1 is 1.25 bits per heavy atom. The lowest BCUT2D eigenvalue weighted by Gasteiger charge is -2.12. The molecule has 0 aliphatic rings. The fourth-order valence-corrected chi connectivity index (χ4v) is 2.47. The summed E-state index contributed by atoms with van der Waals surface area (Å²) in [5.74, 6) is -0.162. The van der Waals surface area contributed by atoms with Crippen molar-refractivity contribution in [2.75, 3.05) is 32.5 Å². The molecule has 1 aromatic heterocycles. The van der Waals surface area contributed by atoms with Crippen LogP contribution in [0.5, 0.6) is 0 Å². The van der Waals surface area contributed by atoms with Gasteiger partial charge in [0.15, 0.2) is 0 Å². The highest BCUT2D eigenvalue weighted by Gasteiger charge is 2.08. The Kier molecular flexibility index (Phi) is 6.58. The number of pyridine rings is 1. The highest BCUT2D eigenvalue weighted by Crippen LogP contribution is 2.23. The van der Waals surface area contributed by atoms with Crippen LogP contribution in [0, 0.1) is 6.92 Å². The fourth-order valence-electron chi connectivity index (χ4n) is 2.24. The van der Waals surface area contributed by atoms with E-state index >= 15 is 0 Å². The number of hydrogen-bond donors (Lipinski definition) is 2. The molecule has 0 spiro atoms. The van der Waals surface area contributed by atoms with Gasteiger partial charge in [0.05, 0.1) is 0 Å². The van der Waals surface area contributed by atoms with Crippen molar-refractivity contribution in [2.24, 2.45) is 0 Å². The molecule has 24 heavy (non-hydrogen) atoms. The zero-order chi connectivity index (χ0) is 17.5. The molecule has 0 fully saturated rings. The molecule has 2 N–H and O–H groups in total. The van der Waals surface area contributed by atoms with Gasteiger partial charge in [0.1, 0.15) is 5.69 Å². The van der Waals surface area contributed by atoms with E-state index in [2.05, 4.69) is 20.5 Å². The molecule has 0 aliphatic carbocycles. The average molecular weight is 347 g/mol. The zero-order valence-corrected chi connectivity index (χ0v) is 15.0. The molecule has 1 amide bonds. The number of halogens is 1. The summed E-state index contributed by atoms with van der Waals surface area (Å²) in [5.41, 5.74) is 3.20. The van der Waals surface area contributed by atoms with Gasteiger partial charge in [0.25, 0.3) is 5.91 Å². The number of amides is 1. The average Bonchev–Trinajstić information content (AvgIpc) is 2.54. The number of aryl methyl sites for hydroxylation is 1. The molecule has 0 saturated heterocycles. The van der Waals surface area contributed by atoms with Gasteiger partial charge in [-0.15, -0.1) is 0 Å². The topological polar surface area (TPSA) is 57.3 Å². The maximum Gasteiger partial charge on any atom is 0.269 e. The second-order valence-corrected chi connectivity index (χ2v) is 6.36. The SMILES string of the molecule is Cc1cc(Cl)ccc1Nc1ccnc(C(=O)NCCCN(C)C)c1. The molecule has 128 valence electrons. The van der Waals surface area contributed by atoms with E-state index in [1.54, 1.807) is 12.3 Å². The van der Waals surface area contributed by atoms with Crippen LogP contribution in [0.1, 0.15) is 22.5 Å². The van der Waals surface area contributed by atoms with Crippen LogP contribution in [0.3, 0.4) is 0 Å². The van der Waals surface area contributed by atoms with Crippen LogP contribution in [0.2, 0.25) is 5.02 Å². The standard InChI is InChI=1S/C18H23ClN4O/c1-13-11-14(19)5-6-16(13)22-15-7-9-20-17(12-15)18(24)21-8-4-10-23(2)3/h5-7,9,11-12H,4,8,10H2,1-3H3,(H,20,22)(H,21,24). The molecule has 0 radical (unpaired) electrons. The Morgan fingerprint density at radius 2 is 2.04 bits per heavy atom. The maximum atomic E-state index is 12.2. The molecule has 0 saturated carbocycles. The Morgan fingerprint density at radius 3 is 2.75 bits per heavy atom. The van der Waals surface area contributed by atoms with Crippen molar-refractivity contribution in [2.45, 2.75) is 13.3 Å². The summed E-state index contributed by atoms with van der Waals surface area (Å²) in [5, 5.41) is 6.88. The van der Waals surface area contributed by atoms with Crippen molar-refractivity contribution in [3.63, 3.8) is 0 Å². The first-order valence-corrected chi connectivity index (χ1v) is 8.25. The number of hydrogen-bond acceptors (Lipinski definition) is 4. The molecule has 0 unspecified atom stereocenters. The van der Waals surface area contributed by atoms with Crippen molar-refractivity contribution >= 4 is 28.9 Å². The van der Waals surface area contributed by atoms with Crippen molar-refractivity contribution < 1.29 is 4.79 Å². The van der Waals surface area contributed by atoms with E-state index in [1.165, 1.54) is 0 Å². The first-order valence-electron chi connectivity index (χ1n) is 7.88. The minimum absolute atomic E-state index is 0.162. The van der Waals surface area contributed by atoms with Crippen LogP contribution in [0.25, 0.3) is 0 Å². The van der Waals surface area contributed by atoms with Crippen molar-refractivity contribution in [1.82, 2.24) is 15.2 Å². The van der Waals surface area contributed by atoms with E-state index in [4.69, 9.17) is 11.6 Å². The van der Waals surface area contributed by atoms with Gasteiger partial charge in [-0.1, -0.05) is 11.6 Å². The van der Waals surface area contributed by atoms with Gasteiger partial charge in [-0.25, -0.2) is 0 Å². The Bertz CT molecular complexity index is 703. The zero-order valence-electron chi connectivity index (χ0n) is 14.3. The largest absolute Gasteiger partial charge is 0.355 e. The molecule has 5 nitrogen and oxygen atoms in total. The van der Waals surface area contributed by atoms with Crippen LogP contribution in [-0.2, 0) is 0 Å². The summed E-state index contributed by atoms with van der Waals surface area (Å²) in [6.45, 7) is 3.55. The van der Waals surface area contributed by atoms with Gasteiger partial charge in [0.2, 0.25) is 0 Å². The minimum atomic E-state index is -0.162. The second kappa shape index (κ2) is 8.66. The monoisotopic (exact) mass is 346 g/mol. The van der Waals surface area contributed by atoms with Gasteiger partial charge in [0, 0.05) is 29.1 Å².